The highest BCUT2D eigenvalue weighted by molar-refractivity contribution is 7.91. The quantitative estimate of drug-likeness (QED) is 0.285. The molecule has 3 N–H and O–H groups in total. The number of benzene rings is 1. The number of carbonyl (C=O) groups is 5. The van der Waals surface area contributed by atoms with Crippen LogP contribution in [0.2, 0.25) is 0 Å². The van der Waals surface area contributed by atoms with E-state index in [4.69, 9.17) is 9.47 Å². The molecule has 3 heterocycles. The van der Waals surface area contributed by atoms with E-state index in [-0.39, 0.29) is 51.9 Å². The molecule has 5 atom stereocenters. The third kappa shape index (κ3) is 9.73. The lowest BCUT2D eigenvalue weighted by atomic mass is 10.1. The molecule has 2 aliphatic carbocycles. The smallest absolute Gasteiger partial charge is 0.410 e. The molecule has 0 unspecified atom stereocenters. The molecule has 5 aliphatic rings. The maximum absolute atomic E-state index is 14.4. The summed E-state index contributed by atoms with van der Waals surface area (Å²) < 4.78 is 94.3. The first-order chi connectivity index (χ1) is 26.1. The van der Waals surface area contributed by atoms with Crippen LogP contribution in [0.3, 0.4) is 0 Å². The fourth-order valence-corrected chi connectivity index (χ4v) is 8.69. The zero-order chi connectivity index (χ0) is 40.8. The Hall–Kier alpha value is -4.46. The maximum atomic E-state index is 14.4. The molecule has 3 aliphatic heterocycles. The number of amides is 5. The van der Waals surface area contributed by atoms with Crippen molar-refractivity contribution in [2.75, 3.05) is 26.2 Å². The second kappa shape index (κ2) is 15.5. The zero-order valence-electron chi connectivity index (χ0n) is 31.2. The van der Waals surface area contributed by atoms with Crippen molar-refractivity contribution >= 4 is 39.9 Å². The largest absolute Gasteiger partial charge is 0.444 e. The minimum Gasteiger partial charge on any atom is -0.444 e. The van der Waals surface area contributed by atoms with Crippen molar-refractivity contribution in [3.8, 4) is 0 Å². The van der Waals surface area contributed by atoms with Gasteiger partial charge in [-0.3, -0.25) is 28.9 Å². The van der Waals surface area contributed by atoms with Gasteiger partial charge in [0.05, 0.1) is 24.9 Å². The molecule has 15 nitrogen and oxygen atoms in total. The lowest BCUT2D eigenvalue weighted by molar-refractivity contribution is -0.147. The summed E-state index contributed by atoms with van der Waals surface area (Å²) in [6, 6.07) is 1.48. The Morgan fingerprint density at radius 1 is 1.05 bits per heavy atom. The minimum absolute atomic E-state index is 0.0395. The molecule has 56 heavy (non-hydrogen) atoms. The van der Waals surface area contributed by atoms with Crippen molar-refractivity contribution in [2.45, 2.75) is 113 Å². The summed E-state index contributed by atoms with van der Waals surface area (Å²) in [5.41, 5.74) is -1.90. The molecule has 1 aromatic carbocycles. The van der Waals surface area contributed by atoms with Gasteiger partial charge in [0.25, 0.3) is 5.91 Å². The fraction of sp³-hybridized carbons (Fsp3) is 0.639. The van der Waals surface area contributed by atoms with Crippen LogP contribution in [-0.2, 0) is 47.0 Å². The molecule has 0 radical (unpaired) electrons. The van der Waals surface area contributed by atoms with Crippen molar-refractivity contribution in [1.82, 2.24) is 30.1 Å². The van der Waals surface area contributed by atoms with Crippen LogP contribution in [0.5, 0.6) is 0 Å². The van der Waals surface area contributed by atoms with Gasteiger partial charge in [0.2, 0.25) is 21.8 Å². The molecule has 3 fully saturated rings. The number of nitrogens with zero attached hydrogens (tertiary/aromatic N) is 3. The lowest BCUT2D eigenvalue weighted by Gasteiger charge is -2.31. The van der Waals surface area contributed by atoms with Gasteiger partial charge in [-0.2, -0.15) is 13.2 Å². The highest BCUT2D eigenvalue weighted by atomic mass is 32.2. The Morgan fingerprint density at radius 3 is 2.45 bits per heavy atom. The molecule has 1 saturated heterocycles. The fourth-order valence-electron chi connectivity index (χ4n) is 7.33. The summed E-state index contributed by atoms with van der Waals surface area (Å²) in [5, 5.41) is 4.34. The normalized spacial score (nSPS) is 28.1. The van der Waals surface area contributed by atoms with E-state index in [0.29, 0.717) is 24.0 Å². The van der Waals surface area contributed by atoms with Crippen molar-refractivity contribution in [3.63, 3.8) is 0 Å². The van der Waals surface area contributed by atoms with Gasteiger partial charge in [-0.25, -0.2) is 22.4 Å². The van der Waals surface area contributed by atoms with E-state index in [2.05, 4.69) is 15.4 Å². The van der Waals surface area contributed by atoms with Gasteiger partial charge in [-0.05, 0) is 64.5 Å². The second-order valence-electron chi connectivity index (χ2n) is 16.0. The number of halogens is 4. The second-order valence-corrected chi connectivity index (χ2v) is 18.0. The molecule has 1 aromatic rings. The predicted octanol–water partition coefficient (Wildman–Crippen LogP) is 2.84. The van der Waals surface area contributed by atoms with E-state index in [1.165, 1.54) is 17.0 Å². The van der Waals surface area contributed by atoms with E-state index in [1.54, 1.807) is 39.0 Å². The van der Waals surface area contributed by atoms with Crippen molar-refractivity contribution in [2.24, 2.45) is 5.92 Å². The van der Waals surface area contributed by atoms with Crippen LogP contribution >= 0.6 is 0 Å². The third-order valence-corrected chi connectivity index (χ3v) is 12.2. The number of ether oxygens (including phenoxy) is 2. The van der Waals surface area contributed by atoms with Gasteiger partial charge in [-0.1, -0.05) is 24.3 Å². The maximum Gasteiger partial charge on any atom is 0.410 e. The molecule has 2 saturated carbocycles. The van der Waals surface area contributed by atoms with Crippen molar-refractivity contribution in [1.29, 1.82) is 0 Å². The molecule has 6 rings (SSSR count). The van der Waals surface area contributed by atoms with E-state index in [1.807, 2.05) is 0 Å². The minimum atomic E-state index is -4.61. The van der Waals surface area contributed by atoms with E-state index < -0.39 is 106 Å². The first-order valence-corrected chi connectivity index (χ1v) is 20.0. The number of fused-ring (bicyclic) bond motifs is 3. The van der Waals surface area contributed by atoms with Gasteiger partial charge < -0.3 is 25.0 Å². The Morgan fingerprint density at radius 2 is 1.79 bits per heavy atom. The highest BCUT2D eigenvalue weighted by Gasteiger charge is 2.62. The lowest BCUT2D eigenvalue weighted by Crippen LogP contribution is -2.58. The van der Waals surface area contributed by atoms with Gasteiger partial charge in [-0.15, -0.1) is 0 Å². The molecule has 0 spiro atoms. The van der Waals surface area contributed by atoms with Crippen LogP contribution in [0.1, 0.15) is 70.4 Å². The number of hydrogen-bond acceptors (Lipinski definition) is 10. The SMILES string of the molecule is CC(C)(C)OC(=O)N[C@H]1CCN(CC(F)(F)F)CC/C=C\[C@@H]2C[C@@]2(C(=O)NS(=O)(=O)C2CC2)NC(=O)[C@@H]2C[C@@H](OC(=O)N3Cc4cccc(F)c4C3)CN2C1=O. The van der Waals surface area contributed by atoms with E-state index in [0.717, 1.165) is 9.80 Å². The number of alkyl carbamates (subject to hydrolysis) is 1. The number of alkyl halides is 3. The number of hydrogen-bond donors (Lipinski definition) is 3. The van der Waals surface area contributed by atoms with Crippen LogP contribution in [0.15, 0.2) is 30.4 Å². The number of rotatable bonds is 6. The van der Waals surface area contributed by atoms with Gasteiger partial charge in [0.1, 0.15) is 35.1 Å². The molecular formula is C36H46F4N6O9S. The average Bonchev–Trinajstić information content (AvgIpc) is 3.97. The van der Waals surface area contributed by atoms with Crippen LogP contribution in [-0.4, -0.2) is 120 Å². The van der Waals surface area contributed by atoms with Crippen LogP contribution < -0.4 is 15.4 Å². The van der Waals surface area contributed by atoms with E-state index >= 15 is 0 Å². The summed E-state index contributed by atoms with van der Waals surface area (Å²) in [4.78, 5) is 72.0. The summed E-state index contributed by atoms with van der Waals surface area (Å²) in [5.74, 6) is -4.01. The summed E-state index contributed by atoms with van der Waals surface area (Å²) in [6.45, 7) is 2.49. The Balaban J connectivity index is 1.30. The van der Waals surface area contributed by atoms with E-state index in [9.17, 15) is 50.0 Å². The van der Waals surface area contributed by atoms with Crippen LogP contribution in [0.4, 0.5) is 27.2 Å². The Bertz CT molecular complexity index is 1890. The number of sulfonamides is 1. The first kappa shape index (κ1) is 41.2. The van der Waals surface area contributed by atoms with Gasteiger partial charge in [0, 0.05) is 37.5 Å². The number of carbonyl (C=O) groups excluding carboxylic acids is 5. The van der Waals surface area contributed by atoms with Crippen LogP contribution in [0, 0.1) is 11.7 Å². The average molecular weight is 815 g/mol. The van der Waals surface area contributed by atoms with Crippen molar-refractivity contribution in [3.05, 3.63) is 47.3 Å². The molecule has 0 bridgehead atoms. The topological polar surface area (TPSA) is 184 Å². The van der Waals surface area contributed by atoms with Crippen LogP contribution in [0.25, 0.3) is 0 Å². The predicted molar refractivity (Wildman–Crippen MR) is 189 cm³/mol. The standard InChI is InChI=1S/C36H46F4N6O9S/c1-34(2,3)55-32(50)41-27-12-14-44(20-36(38,39)40)13-5-4-8-22-16-35(22,31(49)43-56(52,53)24-10-11-24)42-29(47)28-15-23(18-46(28)30(27)48)54-33(51)45-17-21-7-6-9-26(37)25(21)19-45/h4,6-9,22-24,27-28H,5,10-20H2,1-3H3,(H,41,50)(H,42,47)(H,43,49)/b8-4-/t22-,23-,27+,28+,35-/m1/s1. The zero-order valence-corrected chi connectivity index (χ0v) is 32.0. The number of nitrogens with one attached hydrogen (secondary N) is 3. The summed E-state index contributed by atoms with van der Waals surface area (Å²) in [7, 11) is -4.06. The molecule has 5 amide bonds. The summed E-state index contributed by atoms with van der Waals surface area (Å²) >= 11 is 0. The van der Waals surface area contributed by atoms with Crippen molar-refractivity contribution < 1.29 is 59.4 Å². The monoisotopic (exact) mass is 814 g/mol. The third-order valence-electron chi connectivity index (χ3n) is 10.4. The Kier molecular flexibility index (Phi) is 11.4. The molecule has 20 heteroatoms. The molecular weight excluding hydrogens is 768 g/mol. The Labute approximate surface area is 321 Å². The molecule has 0 aromatic heterocycles. The van der Waals surface area contributed by atoms with Gasteiger partial charge >= 0.3 is 18.4 Å². The summed E-state index contributed by atoms with van der Waals surface area (Å²) in [6.07, 6.45) is -4.44. The highest BCUT2D eigenvalue weighted by Crippen LogP contribution is 2.46. The first-order valence-electron chi connectivity index (χ1n) is 18.5. The van der Waals surface area contributed by atoms with Gasteiger partial charge in [0.15, 0.2) is 0 Å². The molecule has 308 valence electrons.